The lowest BCUT2D eigenvalue weighted by Crippen LogP contribution is -2.48. The molecule has 1 N–H and O–H groups in total. The molecule has 0 unspecified atom stereocenters. The fourth-order valence-electron chi connectivity index (χ4n) is 2.71. The van der Waals surface area contributed by atoms with Crippen LogP contribution in [0.2, 0.25) is 0 Å². The molecular formula is C17H25N3O3. The summed E-state index contributed by atoms with van der Waals surface area (Å²) in [5, 5.41) is 2.61. The number of hydrogen-bond donors (Lipinski definition) is 1. The van der Waals surface area contributed by atoms with Crippen molar-refractivity contribution in [2.75, 3.05) is 6.54 Å². The maximum atomic E-state index is 12.7. The fourth-order valence-corrected chi connectivity index (χ4v) is 2.71. The Morgan fingerprint density at radius 2 is 2.13 bits per heavy atom. The number of alkyl carbamates (subject to hydrolysis) is 1. The van der Waals surface area contributed by atoms with Gasteiger partial charge in [0.25, 0.3) is 0 Å². The number of carbonyl (C=O) groups excluding carboxylic acids is 2. The van der Waals surface area contributed by atoms with Crippen molar-refractivity contribution in [2.24, 2.45) is 0 Å². The van der Waals surface area contributed by atoms with E-state index >= 15 is 0 Å². The fraction of sp³-hybridized carbons (Fsp3) is 0.588. The molecule has 1 fully saturated rings. The van der Waals surface area contributed by atoms with Gasteiger partial charge >= 0.3 is 6.09 Å². The normalized spacial score (nSPS) is 19.3. The van der Waals surface area contributed by atoms with E-state index in [0.717, 1.165) is 18.5 Å². The molecule has 1 aliphatic heterocycles. The molecule has 1 aromatic heterocycles. The lowest BCUT2D eigenvalue weighted by molar-refractivity contribution is -0.134. The third-order valence-electron chi connectivity index (χ3n) is 3.67. The van der Waals surface area contributed by atoms with Crippen LogP contribution in [0.4, 0.5) is 4.79 Å². The molecule has 23 heavy (non-hydrogen) atoms. The van der Waals surface area contributed by atoms with Crippen LogP contribution >= 0.6 is 0 Å². The van der Waals surface area contributed by atoms with Gasteiger partial charge in [0, 0.05) is 12.7 Å². The van der Waals surface area contributed by atoms with Crippen LogP contribution in [0.5, 0.6) is 0 Å². The predicted octanol–water partition coefficient (Wildman–Crippen LogP) is 2.66. The van der Waals surface area contributed by atoms with E-state index in [4.69, 9.17) is 4.74 Å². The van der Waals surface area contributed by atoms with Gasteiger partial charge in [-0.1, -0.05) is 6.07 Å². The molecule has 6 heteroatoms. The van der Waals surface area contributed by atoms with Gasteiger partial charge in [-0.15, -0.1) is 0 Å². The number of ether oxygens (including phenoxy) is 1. The van der Waals surface area contributed by atoms with E-state index < -0.39 is 17.7 Å². The lowest BCUT2D eigenvalue weighted by atomic mass is 10.1. The molecule has 2 rings (SSSR count). The van der Waals surface area contributed by atoms with Gasteiger partial charge in [0.05, 0.1) is 11.7 Å². The Morgan fingerprint density at radius 3 is 2.74 bits per heavy atom. The van der Waals surface area contributed by atoms with E-state index in [1.807, 2.05) is 18.2 Å². The van der Waals surface area contributed by atoms with Crippen LogP contribution in [0.25, 0.3) is 0 Å². The summed E-state index contributed by atoms with van der Waals surface area (Å²) >= 11 is 0. The summed E-state index contributed by atoms with van der Waals surface area (Å²) in [7, 11) is 0. The Labute approximate surface area is 137 Å². The van der Waals surface area contributed by atoms with E-state index in [1.54, 1.807) is 38.8 Å². The van der Waals surface area contributed by atoms with E-state index in [-0.39, 0.29) is 11.9 Å². The molecule has 126 valence electrons. The van der Waals surface area contributed by atoms with Crippen molar-refractivity contribution in [3.63, 3.8) is 0 Å². The summed E-state index contributed by atoms with van der Waals surface area (Å²) in [4.78, 5) is 30.6. The van der Waals surface area contributed by atoms with Crippen LogP contribution in [0.3, 0.4) is 0 Å². The molecule has 2 heterocycles. The Kier molecular flexibility index (Phi) is 5.23. The maximum absolute atomic E-state index is 12.7. The number of hydrogen-bond acceptors (Lipinski definition) is 4. The van der Waals surface area contributed by atoms with Crippen molar-refractivity contribution in [3.8, 4) is 0 Å². The van der Waals surface area contributed by atoms with Crippen LogP contribution in [-0.2, 0) is 9.53 Å². The lowest BCUT2D eigenvalue weighted by Gasteiger charge is -2.28. The van der Waals surface area contributed by atoms with Gasteiger partial charge in [-0.2, -0.15) is 0 Å². The maximum Gasteiger partial charge on any atom is 0.408 e. The standard InChI is InChI=1S/C17H25N3O3/c1-12(19-16(22)23-17(2,3)4)15(21)20-11-7-9-14(20)13-8-5-6-10-18-13/h5-6,8,10,12,14H,7,9,11H2,1-4H3,(H,19,22)/t12-,14+/m1/s1. The van der Waals surface area contributed by atoms with Crippen LogP contribution in [-0.4, -0.2) is 40.1 Å². The van der Waals surface area contributed by atoms with E-state index in [1.165, 1.54) is 0 Å². The Balaban J connectivity index is 2.00. The first-order chi connectivity index (χ1) is 10.8. The number of carbonyl (C=O) groups is 2. The molecule has 6 nitrogen and oxygen atoms in total. The highest BCUT2D eigenvalue weighted by atomic mass is 16.6. The Morgan fingerprint density at radius 1 is 1.39 bits per heavy atom. The third-order valence-corrected chi connectivity index (χ3v) is 3.67. The second kappa shape index (κ2) is 6.98. The number of amides is 2. The van der Waals surface area contributed by atoms with Gasteiger partial charge in [-0.3, -0.25) is 9.78 Å². The van der Waals surface area contributed by atoms with Crippen LogP contribution < -0.4 is 5.32 Å². The average Bonchev–Trinajstić information content (AvgIpc) is 2.94. The Hall–Kier alpha value is -2.11. The summed E-state index contributed by atoms with van der Waals surface area (Å²) in [5.41, 5.74) is 0.305. The van der Waals surface area contributed by atoms with Crippen LogP contribution in [0.15, 0.2) is 24.4 Å². The minimum atomic E-state index is -0.630. The highest BCUT2D eigenvalue weighted by Crippen LogP contribution is 2.31. The van der Waals surface area contributed by atoms with Crippen LogP contribution in [0, 0.1) is 0 Å². The first-order valence-electron chi connectivity index (χ1n) is 7.99. The zero-order chi connectivity index (χ0) is 17.0. The summed E-state index contributed by atoms with van der Waals surface area (Å²) in [5.74, 6) is -0.107. The highest BCUT2D eigenvalue weighted by molar-refractivity contribution is 5.85. The first kappa shape index (κ1) is 17.2. The number of aromatic nitrogens is 1. The predicted molar refractivity (Wildman–Crippen MR) is 86.8 cm³/mol. The molecule has 0 radical (unpaired) electrons. The van der Waals surface area contributed by atoms with Gasteiger partial charge in [0.2, 0.25) is 5.91 Å². The smallest absolute Gasteiger partial charge is 0.408 e. The Bertz CT molecular complexity index is 554. The number of nitrogens with zero attached hydrogens (tertiary/aromatic N) is 2. The molecule has 0 aromatic carbocycles. The van der Waals surface area contributed by atoms with Crippen molar-refractivity contribution < 1.29 is 14.3 Å². The monoisotopic (exact) mass is 319 g/mol. The molecule has 1 aromatic rings. The van der Waals surface area contributed by atoms with E-state index in [2.05, 4.69) is 10.3 Å². The molecule has 0 aliphatic carbocycles. The second-order valence-electron chi connectivity index (χ2n) is 6.81. The average molecular weight is 319 g/mol. The molecule has 1 aliphatic rings. The molecule has 1 saturated heterocycles. The van der Waals surface area contributed by atoms with Gasteiger partial charge in [0.15, 0.2) is 0 Å². The van der Waals surface area contributed by atoms with E-state index in [9.17, 15) is 9.59 Å². The summed E-state index contributed by atoms with van der Waals surface area (Å²) in [6.45, 7) is 7.73. The SMILES string of the molecule is C[C@@H](NC(=O)OC(C)(C)C)C(=O)N1CCC[C@H]1c1ccccn1. The zero-order valence-corrected chi connectivity index (χ0v) is 14.2. The van der Waals surface area contributed by atoms with Gasteiger partial charge in [-0.05, 0) is 52.7 Å². The van der Waals surface area contributed by atoms with Crippen molar-refractivity contribution in [2.45, 2.75) is 58.2 Å². The topological polar surface area (TPSA) is 71.5 Å². The summed E-state index contributed by atoms with van der Waals surface area (Å²) < 4.78 is 5.20. The minimum Gasteiger partial charge on any atom is -0.444 e. The van der Waals surface area contributed by atoms with Crippen molar-refractivity contribution in [1.82, 2.24) is 15.2 Å². The number of nitrogens with one attached hydrogen (secondary N) is 1. The van der Waals surface area contributed by atoms with Crippen molar-refractivity contribution >= 4 is 12.0 Å². The van der Waals surface area contributed by atoms with Gasteiger partial charge in [0.1, 0.15) is 11.6 Å². The van der Waals surface area contributed by atoms with Crippen LogP contribution in [0.1, 0.15) is 52.3 Å². The third kappa shape index (κ3) is 4.68. The van der Waals surface area contributed by atoms with Crippen molar-refractivity contribution in [1.29, 1.82) is 0 Å². The van der Waals surface area contributed by atoms with Gasteiger partial charge in [-0.25, -0.2) is 4.79 Å². The highest BCUT2D eigenvalue weighted by Gasteiger charge is 2.34. The molecule has 2 amide bonds. The zero-order valence-electron chi connectivity index (χ0n) is 14.2. The molecule has 0 saturated carbocycles. The number of likely N-dealkylation sites (tertiary alicyclic amines) is 1. The molecular weight excluding hydrogens is 294 g/mol. The minimum absolute atomic E-state index is 0.0217. The number of pyridine rings is 1. The van der Waals surface area contributed by atoms with Crippen molar-refractivity contribution in [3.05, 3.63) is 30.1 Å². The molecule has 0 spiro atoms. The first-order valence-corrected chi connectivity index (χ1v) is 7.99. The number of rotatable bonds is 3. The molecule has 2 atom stereocenters. The largest absolute Gasteiger partial charge is 0.444 e. The van der Waals surface area contributed by atoms with Gasteiger partial charge < -0.3 is 15.0 Å². The quantitative estimate of drug-likeness (QED) is 0.929. The van der Waals surface area contributed by atoms with E-state index in [0.29, 0.717) is 6.54 Å². The summed E-state index contributed by atoms with van der Waals surface area (Å²) in [6, 6.07) is 5.06. The summed E-state index contributed by atoms with van der Waals surface area (Å²) in [6.07, 6.45) is 2.99. The molecule has 0 bridgehead atoms. The second-order valence-corrected chi connectivity index (χ2v) is 6.81.